The Morgan fingerprint density at radius 2 is 1.75 bits per heavy atom. The van der Waals surface area contributed by atoms with Crippen molar-refractivity contribution in [1.82, 2.24) is 0 Å². The number of carbonyl (C=O) groups is 1. The first-order valence-corrected chi connectivity index (χ1v) is 4.61. The molecule has 0 radical (unpaired) electrons. The Bertz CT molecular complexity index is 386. The van der Waals surface area contributed by atoms with Crippen molar-refractivity contribution in [2.75, 3.05) is 21.3 Å². The minimum atomic E-state index is -1.07. The zero-order valence-corrected chi connectivity index (χ0v) is 9.44. The molecule has 0 heterocycles. The molecular formula is C11H14O5. The molecule has 0 aliphatic heterocycles. The van der Waals surface area contributed by atoms with E-state index in [0.29, 0.717) is 17.1 Å². The highest BCUT2D eigenvalue weighted by molar-refractivity contribution is 5.93. The van der Waals surface area contributed by atoms with Gasteiger partial charge in [-0.1, -0.05) is 0 Å². The van der Waals surface area contributed by atoms with Gasteiger partial charge in [-0.3, -0.25) is 0 Å². The van der Waals surface area contributed by atoms with E-state index in [-0.39, 0.29) is 12.2 Å². The van der Waals surface area contributed by atoms with Crippen LogP contribution in [0.1, 0.15) is 15.9 Å². The van der Waals surface area contributed by atoms with E-state index in [2.05, 4.69) is 0 Å². The summed E-state index contributed by atoms with van der Waals surface area (Å²) in [7, 11) is 4.39. The van der Waals surface area contributed by atoms with Crippen LogP contribution in [0.2, 0.25) is 0 Å². The lowest BCUT2D eigenvalue weighted by atomic mass is 10.1. The minimum Gasteiger partial charge on any atom is -0.496 e. The van der Waals surface area contributed by atoms with Crippen LogP contribution in [0.3, 0.4) is 0 Å². The molecule has 1 rings (SSSR count). The first-order chi connectivity index (χ1) is 7.65. The number of carboxylic acid groups (broad SMARTS) is 1. The van der Waals surface area contributed by atoms with Gasteiger partial charge < -0.3 is 19.3 Å². The fourth-order valence-corrected chi connectivity index (χ4v) is 1.49. The van der Waals surface area contributed by atoms with E-state index in [0.717, 1.165) is 0 Å². The van der Waals surface area contributed by atoms with Crippen LogP contribution in [-0.2, 0) is 11.3 Å². The highest BCUT2D eigenvalue weighted by Gasteiger charge is 2.20. The first kappa shape index (κ1) is 12.3. The Morgan fingerprint density at radius 1 is 1.19 bits per heavy atom. The molecule has 0 fully saturated rings. The van der Waals surface area contributed by atoms with Crippen molar-refractivity contribution in [2.24, 2.45) is 0 Å². The topological polar surface area (TPSA) is 65.0 Å². The number of carboxylic acids is 1. The van der Waals surface area contributed by atoms with Crippen LogP contribution in [0.15, 0.2) is 12.1 Å². The largest absolute Gasteiger partial charge is 0.496 e. The minimum absolute atomic E-state index is 0.0729. The van der Waals surface area contributed by atoms with Crippen LogP contribution in [-0.4, -0.2) is 32.4 Å². The molecule has 1 aromatic rings. The third kappa shape index (κ3) is 2.25. The van der Waals surface area contributed by atoms with E-state index in [1.807, 2.05) is 0 Å². The molecule has 0 saturated carbocycles. The smallest absolute Gasteiger partial charge is 0.339 e. The molecule has 0 atom stereocenters. The summed E-state index contributed by atoms with van der Waals surface area (Å²) < 4.78 is 15.1. The lowest BCUT2D eigenvalue weighted by molar-refractivity contribution is 0.0687. The Hall–Kier alpha value is -1.75. The van der Waals surface area contributed by atoms with Crippen LogP contribution in [0.25, 0.3) is 0 Å². The highest BCUT2D eigenvalue weighted by Crippen LogP contribution is 2.30. The van der Waals surface area contributed by atoms with Gasteiger partial charge in [-0.05, 0) is 12.1 Å². The number of hydrogen-bond acceptors (Lipinski definition) is 4. The van der Waals surface area contributed by atoms with Crippen molar-refractivity contribution in [3.8, 4) is 11.5 Å². The summed E-state index contributed by atoms with van der Waals surface area (Å²) in [6, 6.07) is 3.21. The third-order valence-corrected chi connectivity index (χ3v) is 2.17. The molecule has 0 unspecified atom stereocenters. The molecule has 0 aliphatic rings. The van der Waals surface area contributed by atoms with Gasteiger partial charge in [0.25, 0.3) is 0 Å². The second kappa shape index (κ2) is 5.37. The molecule has 16 heavy (non-hydrogen) atoms. The predicted octanol–water partition coefficient (Wildman–Crippen LogP) is 1.55. The van der Waals surface area contributed by atoms with Crippen LogP contribution in [0.5, 0.6) is 11.5 Å². The summed E-state index contributed by atoms with van der Waals surface area (Å²) in [5, 5.41) is 9.13. The second-order valence-corrected chi connectivity index (χ2v) is 3.06. The molecule has 5 heteroatoms. The number of methoxy groups -OCH3 is 3. The van der Waals surface area contributed by atoms with Crippen molar-refractivity contribution in [3.05, 3.63) is 23.3 Å². The maximum atomic E-state index is 11.2. The predicted molar refractivity (Wildman–Crippen MR) is 57.2 cm³/mol. The molecule has 1 N–H and O–H groups in total. The van der Waals surface area contributed by atoms with Gasteiger partial charge in [-0.2, -0.15) is 0 Å². The summed E-state index contributed by atoms with van der Waals surface area (Å²) in [5.41, 5.74) is 0.542. The van der Waals surface area contributed by atoms with Gasteiger partial charge >= 0.3 is 5.97 Å². The van der Waals surface area contributed by atoms with Crippen molar-refractivity contribution >= 4 is 5.97 Å². The first-order valence-electron chi connectivity index (χ1n) is 4.61. The summed E-state index contributed by atoms with van der Waals surface area (Å²) in [4.78, 5) is 11.2. The maximum absolute atomic E-state index is 11.2. The van der Waals surface area contributed by atoms with Gasteiger partial charge in [0, 0.05) is 12.7 Å². The number of aromatic carboxylic acids is 1. The second-order valence-electron chi connectivity index (χ2n) is 3.06. The third-order valence-electron chi connectivity index (χ3n) is 2.17. The van der Waals surface area contributed by atoms with Crippen LogP contribution in [0.4, 0.5) is 0 Å². The van der Waals surface area contributed by atoms with E-state index in [1.54, 1.807) is 12.1 Å². The van der Waals surface area contributed by atoms with Crippen LogP contribution in [0, 0.1) is 0 Å². The standard InChI is InChI=1S/C11H14O5/c1-14-6-7-8(15-2)4-5-9(16-3)10(7)11(12)13/h4-5H,6H2,1-3H3,(H,12,13). The molecule has 0 saturated heterocycles. The van der Waals surface area contributed by atoms with Crippen molar-refractivity contribution in [2.45, 2.75) is 6.61 Å². The Labute approximate surface area is 93.6 Å². The zero-order chi connectivity index (χ0) is 12.1. The lowest BCUT2D eigenvalue weighted by Crippen LogP contribution is -2.08. The Kier molecular flexibility index (Phi) is 4.13. The SMILES string of the molecule is COCc1c(OC)ccc(OC)c1C(=O)O. The number of hydrogen-bond donors (Lipinski definition) is 1. The molecular weight excluding hydrogens is 212 g/mol. The van der Waals surface area contributed by atoms with Gasteiger partial charge in [0.1, 0.15) is 17.1 Å². The van der Waals surface area contributed by atoms with Gasteiger partial charge in [-0.15, -0.1) is 0 Å². The molecule has 88 valence electrons. The molecule has 0 bridgehead atoms. The highest BCUT2D eigenvalue weighted by atomic mass is 16.5. The summed E-state index contributed by atoms with van der Waals surface area (Å²) in [6.45, 7) is 0.155. The molecule has 0 aromatic heterocycles. The Morgan fingerprint density at radius 3 is 2.19 bits per heavy atom. The quantitative estimate of drug-likeness (QED) is 0.825. The maximum Gasteiger partial charge on any atom is 0.339 e. The molecule has 1 aromatic carbocycles. The number of rotatable bonds is 5. The zero-order valence-electron chi connectivity index (χ0n) is 9.44. The van der Waals surface area contributed by atoms with E-state index in [9.17, 15) is 4.79 Å². The normalized spacial score (nSPS) is 9.94. The van der Waals surface area contributed by atoms with Crippen LogP contribution >= 0.6 is 0 Å². The van der Waals surface area contributed by atoms with Crippen molar-refractivity contribution in [1.29, 1.82) is 0 Å². The van der Waals surface area contributed by atoms with E-state index in [4.69, 9.17) is 19.3 Å². The van der Waals surface area contributed by atoms with E-state index < -0.39 is 5.97 Å². The number of ether oxygens (including phenoxy) is 3. The average molecular weight is 226 g/mol. The lowest BCUT2D eigenvalue weighted by Gasteiger charge is -2.13. The number of benzene rings is 1. The van der Waals surface area contributed by atoms with Crippen molar-refractivity contribution in [3.63, 3.8) is 0 Å². The van der Waals surface area contributed by atoms with Crippen LogP contribution < -0.4 is 9.47 Å². The summed E-state index contributed by atoms with van der Waals surface area (Å²) in [6.07, 6.45) is 0. The molecule has 0 aliphatic carbocycles. The molecule has 0 spiro atoms. The summed E-state index contributed by atoms with van der Waals surface area (Å²) >= 11 is 0. The fraction of sp³-hybridized carbons (Fsp3) is 0.364. The average Bonchev–Trinajstić information content (AvgIpc) is 2.28. The summed E-state index contributed by atoms with van der Waals surface area (Å²) in [5.74, 6) is -0.303. The monoisotopic (exact) mass is 226 g/mol. The Balaban J connectivity index is 3.40. The van der Waals surface area contributed by atoms with Crippen molar-refractivity contribution < 1.29 is 24.1 Å². The van der Waals surface area contributed by atoms with E-state index >= 15 is 0 Å². The van der Waals surface area contributed by atoms with E-state index in [1.165, 1.54) is 21.3 Å². The molecule has 5 nitrogen and oxygen atoms in total. The molecule has 0 amide bonds. The van der Waals surface area contributed by atoms with Gasteiger partial charge in [-0.25, -0.2) is 4.79 Å². The van der Waals surface area contributed by atoms with Gasteiger partial charge in [0.15, 0.2) is 0 Å². The van der Waals surface area contributed by atoms with Gasteiger partial charge in [0.2, 0.25) is 0 Å². The fourth-order valence-electron chi connectivity index (χ4n) is 1.49. The van der Waals surface area contributed by atoms with Gasteiger partial charge in [0.05, 0.1) is 20.8 Å².